The third kappa shape index (κ3) is 5.90. The maximum atomic E-state index is 7.43. The third-order valence-corrected chi connectivity index (χ3v) is 19.8. The molecule has 0 bridgehead atoms. The van der Waals surface area contributed by atoms with E-state index in [2.05, 4.69) is 223 Å². The highest BCUT2D eigenvalue weighted by molar-refractivity contribution is 6.94. The fraction of sp³-hybridized carbons (Fsp3) is 0.391. The molecule has 2 aromatic heterocycles. The first kappa shape index (κ1) is 45.6. The van der Waals surface area contributed by atoms with Crippen molar-refractivity contribution in [1.82, 2.24) is 4.57 Å². The minimum Gasteiger partial charge on any atom is -0.455 e. The number of fused-ring (bicyclic) bond motifs is 18. The molecular formula is C69H73BN2O. The lowest BCUT2D eigenvalue weighted by Crippen LogP contribution is -2.60. The van der Waals surface area contributed by atoms with Crippen LogP contribution in [0, 0.1) is 0 Å². The van der Waals surface area contributed by atoms with E-state index in [1.165, 1.54) is 140 Å². The van der Waals surface area contributed by atoms with Crippen LogP contribution < -0.4 is 15.7 Å². The molecule has 0 amide bonds. The lowest BCUT2D eigenvalue weighted by atomic mass is 9.43. The molecule has 0 spiro atoms. The Morgan fingerprint density at radius 1 is 0.493 bits per heavy atom. The Balaban J connectivity index is 1.20. The largest absolute Gasteiger partial charge is 0.455 e. The number of furan rings is 1. The maximum Gasteiger partial charge on any atom is 0.333 e. The molecule has 73 heavy (non-hydrogen) atoms. The molecule has 3 nitrogen and oxygen atoms in total. The number of para-hydroxylation sites is 1. The fourth-order valence-electron chi connectivity index (χ4n) is 15.0. The number of hydrogen-bond donors (Lipinski definition) is 0. The van der Waals surface area contributed by atoms with Crippen molar-refractivity contribution in [2.45, 2.75) is 174 Å². The van der Waals surface area contributed by atoms with Crippen molar-refractivity contribution < 1.29 is 4.42 Å². The number of benzene rings is 7. The van der Waals surface area contributed by atoms with E-state index in [1.807, 2.05) is 0 Å². The summed E-state index contributed by atoms with van der Waals surface area (Å²) in [5, 5.41) is 4.97. The van der Waals surface area contributed by atoms with Crippen LogP contribution in [0.15, 0.2) is 108 Å². The summed E-state index contributed by atoms with van der Waals surface area (Å²) in [6, 6.07) is 41.8. The van der Waals surface area contributed by atoms with E-state index >= 15 is 0 Å². The number of nitrogens with zero attached hydrogens (tertiary/aromatic N) is 2. The summed E-state index contributed by atoms with van der Waals surface area (Å²) in [5.41, 5.74) is 28.1. The van der Waals surface area contributed by atoms with Gasteiger partial charge in [0.05, 0.1) is 16.4 Å². The summed E-state index contributed by atoms with van der Waals surface area (Å²) in [6.07, 6.45) is 4.72. The van der Waals surface area contributed by atoms with E-state index in [-0.39, 0.29) is 44.8 Å². The van der Waals surface area contributed by atoms with Crippen molar-refractivity contribution in [2.75, 3.05) is 4.81 Å². The molecule has 7 aromatic carbocycles. The van der Waals surface area contributed by atoms with E-state index in [4.69, 9.17) is 4.42 Å². The highest BCUT2D eigenvalue weighted by atomic mass is 16.3. The Hall–Kier alpha value is -6.00. The van der Waals surface area contributed by atoms with Gasteiger partial charge in [-0.05, 0) is 185 Å². The fourth-order valence-corrected chi connectivity index (χ4v) is 15.0. The predicted octanol–water partition coefficient (Wildman–Crippen LogP) is 17.5. The summed E-state index contributed by atoms with van der Waals surface area (Å²) in [5.74, 6) is 0. The summed E-state index contributed by atoms with van der Waals surface area (Å²) in [4.78, 5) is 2.78. The lowest BCUT2D eigenvalue weighted by molar-refractivity contribution is 0.331. The van der Waals surface area contributed by atoms with Crippen molar-refractivity contribution in [2.24, 2.45) is 0 Å². The second-order valence-corrected chi connectivity index (χ2v) is 28.7. The van der Waals surface area contributed by atoms with Gasteiger partial charge in [-0.1, -0.05) is 159 Å². The molecule has 0 saturated heterocycles. The molecule has 0 saturated carbocycles. The summed E-state index contributed by atoms with van der Waals surface area (Å²) in [6.45, 7) is 38.8. The van der Waals surface area contributed by atoms with Crippen molar-refractivity contribution in [3.63, 3.8) is 0 Å². The molecule has 368 valence electrons. The highest BCUT2D eigenvalue weighted by Gasteiger charge is 2.50. The number of anilines is 2. The first-order valence-corrected chi connectivity index (χ1v) is 27.6. The van der Waals surface area contributed by atoms with Crippen molar-refractivity contribution >= 4 is 72.9 Å². The van der Waals surface area contributed by atoms with Gasteiger partial charge in [-0.25, -0.2) is 0 Å². The molecule has 0 radical (unpaired) electrons. The van der Waals surface area contributed by atoms with E-state index in [0.29, 0.717) is 0 Å². The zero-order valence-corrected chi connectivity index (χ0v) is 46.5. The molecule has 2 aliphatic heterocycles. The second kappa shape index (κ2) is 13.8. The monoisotopic (exact) mass is 957 g/mol. The van der Waals surface area contributed by atoms with Gasteiger partial charge < -0.3 is 13.8 Å². The van der Waals surface area contributed by atoms with Gasteiger partial charge in [-0.15, -0.1) is 0 Å². The Kier molecular flexibility index (Phi) is 8.64. The average Bonchev–Trinajstić information content (AvgIpc) is 3.98. The van der Waals surface area contributed by atoms with Gasteiger partial charge in [0.15, 0.2) is 0 Å². The van der Waals surface area contributed by atoms with Crippen LogP contribution in [0.1, 0.15) is 181 Å². The maximum absolute atomic E-state index is 7.43. The SMILES string of the molecule is CC(C)(C)c1ccc(N2B3c4cc(C(C)(C)C)ccc4-n4c5cc6c(cc5c5c7oc8ccccc8c7c(c3c54)-c3cc4c(cc32)-c2cc3c(cc2C4(C)C)C(C)(C)CCC3(C)C)C(C)(C)CCC6(C)C)cc1. The molecule has 0 unspecified atom stereocenters. The molecule has 14 rings (SSSR count). The Labute approximate surface area is 434 Å². The van der Waals surface area contributed by atoms with E-state index in [9.17, 15) is 0 Å². The van der Waals surface area contributed by atoms with E-state index < -0.39 is 0 Å². The zero-order valence-electron chi connectivity index (χ0n) is 46.5. The van der Waals surface area contributed by atoms with Gasteiger partial charge in [0, 0.05) is 44.2 Å². The number of aromatic nitrogens is 1. The molecule has 0 N–H and O–H groups in total. The summed E-state index contributed by atoms with van der Waals surface area (Å²) in [7, 11) is 0. The van der Waals surface area contributed by atoms with Gasteiger partial charge in [0.1, 0.15) is 11.2 Å². The second-order valence-electron chi connectivity index (χ2n) is 28.7. The van der Waals surface area contributed by atoms with Crippen LogP contribution in [0.3, 0.4) is 0 Å². The molecular weight excluding hydrogens is 884 g/mol. The quantitative estimate of drug-likeness (QED) is 0.153. The van der Waals surface area contributed by atoms with Crippen molar-refractivity contribution in [3.8, 4) is 27.9 Å². The molecule has 4 heteroatoms. The van der Waals surface area contributed by atoms with Crippen LogP contribution in [-0.4, -0.2) is 11.4 Å². The smallest absolute Gasteiger partial charge is 0.333 e. The van der Waals surface area contributed by atoms with E-state index in [1.54, 1.807) is 0 Å². The molecule has 5 aliphatic rings. The van der Waals surface area contributed by atoms with Gasteiger partial charge in [0.25, 0.3) is 0 Å². The van der Waals surface area contributed by atoms with Crippen LogP contribution in [0.5, 0.6) is 0 Å². The normalized spacial score (nSPS) is 19.2. The highest BCUT2D eigenvalue weighted by Crippen LogP contribution is 2.60. The summed E-state index contributed by atoms with van der Waals surface area (Å²) < 4.78 is 10.1. The Morgan fingerprint density at radius 2 is 1.04 bits per heavy atom. The predicted molar refractivity (Wildman–Crippen MR) is 313 cm³/mol. The lowest BCUT2D eigenvalue weighted by Gasteiger charge is -2.43. The van der Waals surface area contributed by atoms with Crippen LogP contribution in [0.25, 0.3) is 71.7 Å². The Morgan fingerprint density at radius 3 is 1.68 bits per heavy atom. The topological polar surface area (TPSA) is 21.3 Å². The first-order chi connectivity index (χ1) is 34.2. The van der Waals surface area contributed by atoms with Gasteiger partial charge in [-0.2, -0.15) is 0 Å². The minimum atomic E-state index is -0.219. The molecule has 9 aromatic rings. The zero-order chi connectivity index (χ0) is 51.2. The number of rotatable bonds is 1. The minimum absolute atomic E-state index is 0.0188. The van der Waals surface area contributed by atoms with Gasteiger partial charge in [0.2, 0.25) is 0 Å². The first-order valence-electron chi connectivity index (χ1n) is 27.6. The van der Waals surface area contributed by atoms with Crippen LogP contribution in [0.4, 0.5) is 11.4 Å². The molecule has 3 aliphatic carbocycles. The van der Waals surface area contributed by atoms with Crippen molar-refractivity contribution in [3.05, 3.63) is 148 Å². The number of hydrogen-bond acceptors (Lipinski definition) is 2. The molecule has 0 atom stereocenters. The summed E-state index contributed by atoms with van der Waals surface area (Å²) >= 11 is 0. The van der Waals surface area contributed by atoms with E-state index in [0.717, 1.165) is 24.0 Å². The van der Waals surface area contributed by atoms with Crippen LogP contribution in [0.2, 0.25) is 0 Å². The molecule has 4 heterocycles. The van der Waals surface area contributed by atoms with Crippen LogP contribution >= 0.6 is 0 Å². The van der Waals surface area contributed by atoms with Crippen LogP contribution in [-0.2, 0) is 37.9 Å². The van der Waals surface area contributed by atoms with Gasteiger partial charge >= 0.3 is 6.85 Å². The standard InChI is InChI=1S/C69H73BN2O/c1-63(2,3)38-21-24-40(25-22-38)72-55-35-43-42-32-48-50(67(11,12)29-27-65(48,7)8)36-47(42)69(15,16)46(43)33-45(55)57-58-41-19-17-18-20-56(41)73-62(58)59-44-34-49-51(68(13,14)30-28-66(49,9)10)37-54(44)71-53-26-23-39(64(4,5)6)31-52(53)70(72)60(57)61(59)71/h17-26,31-37H,27-30H2,1-16H3. The average molecular weight is 957 g/mol. The third-order valence-electron chi connectivity index (χ3n) is 19.8. The Bertz CT molecular complexity index is 3960. The van der Waals surface area contributed by atoms with Crippen molar-refractivity contribution in [1.29, 1.82) is 0 Å². The van der Waals surface area contributed by atoms with Gasteiger partial charge in [-0.3, -0.25) is 0 Å². The molecule has 0 fully saturated rings.